The Kier molecular flexibility index (Phi) is 5.82. The van der Waals surface area contributed by atoms with Gasteiger partial charge in [-0.05, 0) is 25.6 Å². The second kappa shape index (κ2) is 7.41. The van der Waals surface area contributed by atoms with Gasteiger partial charge >= 0.3 is 0 Å². The highest BCUT2D eigenvalue weighted by molar-refractivity contribution is 6.43. The van der Waals surface area contributed by atoms with E-state index in [1.165, 1.54) is 0 Å². The number of benzene rings is 1. The molecular formula is C15H16Cl3NO2. The summed E-state index contributed by atoms with van der Waals surface area (Å²) in [7, 11) is 0. The van der Waals surface area contributed by atoms with Gasteiger partial charge in [0.25, 0.3) is 0 Å². The van der Waals surface area contributed by atoms with Crippen LogP contribution in [0.3, 0.4) is 0 Å². The summed E-state index contributed by atoms with van der Waals surface area (Å²) in [6, 6.07) is 5.13. The number of furan rings is 1. The number of ether oxygens (including phenoxy) is 1. The van der Waals surface area contributed by atoms with Crippen LogP contribution in [0.2, 0.25) is 15.1 Å². The van der Waals surface area contributed by atoms with Gasteiger partial charge in [0.15, 0.2) is 0 Å². The van der Waals surface area contributed by atoms with Crippen LogP contribution in [0.1, 0.15) is 24.0 Å². The fourth-order valence-electron chi connectivity index (χ4n) is 1.86. The van der Waals surface area contributed by atoms with Crippen molar-refractivity contribution < 1.29 is 9.15 Å². The molecular weight excluding hydrogens is 333 g/mol. The highest BCUT2D eigenvalue weighted by atomic mass is 35.5. The van der Waals surface area contributed by atoms with Gasteiger partial charge in [-0.25, -0.2) is 0 Å². The molecule has 0 fully saturated rings. The lowest BCUT2D eigenvalue weighted by atomic mass is 10.2. The number of aryl methyl sites for hydroxylation is 1. The van der Waals surface area contributed by atoms with Gasteiger partial charge in [-0.1, -0.05) is 41.7 Å². The van der Waals surface area contributed by atoms with Crippen LogP contribution in [0.25, 0.3) is 0 Å². The van der Waals surface area contributed by atoms with Gasteiger partial charge < -0.3 is 14.5 Å². The van der Waals surface area contributed by atoms with E-state index in [2.05, 4.69) is 12.2 Å². The maximum Gasteiger partial charge on any atom is 0.146 e. The molecule has 0 unspecified atom stereocenters. The topological polar surface area (TPSA) is 34.4 Å². The van der Waals surface area contributed by atoms with Crippen LogP contribution in [0, 0.1) is 6.92 Å². The van der Waals surface area contributed by atoms with E-state index in [0.29, 0.717) is 20.8 Å². The Balaban J connectivity index is 2.05. The van der Waals surface area contributed by atoms with Gasteiger partial charge in [0.05, 0.1) is 15.1 Å². The molecule has 1 aromatic heterocycles. The number of nitrogens with one attached hydrogen (secondary N) is 1. The minimum atomic E-state index is 0.282. The largest absolute Gasteiger partial charge is 0.484 e. The standard InChI is InChI=1S/C15H16Cl3NO2/c1-3-19-7-10-4-11(21-9(10)2)8-20-15-6-13(17)12(16)5-14(15)18/h4-6,19H,3,7-8H2,1-2H3. The molecule has 1 heterocycles. The van der Waals surface area contributed by atoms with Crippen LogP contribution < -0.4 is 10.1 Å². The molecule has 0 saturated heterocycles. The fraction of sp³-hybridized carbons (Fsp3) is 0.333. The van der Waals surface area contributed by atoms with Crippen molar-refractivity contribution in [2.45, 2.75) is 27.0 Å². The lowest BCUT2D eigenvalue weighted by Gasteiger charge is -2.07. The first-order valence-electron chi connectivity index (χ1n) is 6.57. The second-order valence-electron chi connectivity index (χ2n) is 4.56. The summed E-state index contributed by atoms with van der Waals surface area (Å²) in [5.41, 5.74) is 1.12. The smallest absolute Gasteiger partial charge is 0.146 e. The van der Waals surface area contributed by atoms with Crippen molar-refractivity contribution in [3.63, 3.8) is 0 Å². The normalized spacial score (nSPS) is 10.9. The molecule has 0 aliphatic heterocycles. The lowest BCUT2D eigenvalue weighted by molar-refractivity contribution is 0.267. The number of halogens is 3. The van der Waals surface area contributed by atoms with Crippen LogP contribution in [-0.2, 0) is 13.2 Å². The van der Waals surface area contributed by atoms with Crippen molar-refractivity contribution in [2.24, 2.45) is 0 Å². The molecule has 6 heteroatoms. The first-order chi connectivity index (χ1) is 10.0. The Morgan fingerprint density at radius 2 is 1.81 bits per heavy atom. The van der Waals surface area contributed by atoms with Gasteiger partial charge in [0.1, 0.15) is 23.9 Å². The van der Waals surface area contributed by atoms with Gasteiger partial charge in [0.2, 0.25) is 0 Å². The van der Waals surface area contributed by atoms with Crippen molar-refractivity contribution in [1.29, 1.82) is 0 Å². The lowest BCUT2D eigenvalue weighted by Crippen LogP contribution is -2.11. The summed E-state index contributed by atoms with van der Waals surface area (Å²) in [5, 5.41) is 4.48. The van der Waals surface area contributed by atoms with E-state index in [4.69, 9.17) is 44.0 Å². The minimum Gasteiger partial charge on any atom is -0.484 e. The highest BCUT2D eigenvalue weighted by Gasteiger charge is 2.10. The Morgan fingerprint density at radius 1 is 1.10 bits per heavy atom. The van der Waals surface area contributed by atoms with E-state index < -0.39 is 0 Å². The van der Waals surface area contributed by atoms with Crippen LogP contribution in [0.5, 0.6) is 5.75 Å². The summed E-state index contributed by atoms with van der Waals surface area (Å²) in [6.07, 6.45) is 0. The highest BCUT2D eigenvalue weighted by Crippen LogP contribution is 2.34. The van der Waals surface area contributed by atoms with Gasteiger partial charge in [-0.15, -0.1) is 0 Å². The third kappa shape index (κ3) is 4.30. The Morgan fingerprint density at radius 3 is 2.52 bits per heavy atom. The van der Waals surface area contributed by atoms with Crippen molar-refractivity contribution >= 4 is 34.8 Å². The number of hydrogen-bond donors (Lipinski definition) is 1. The van der Waals surface area contributed by atoms with E-state index in [-0.39, 0.29) is 6.61 Å². The maximum absolute atomic E-state index is 6.06. The molecule has 2 aromatic rings. The van der Waals surface area contributed by atoms with E-state index in [0.717, 1.165) is 30.2 Å². The zero-order valence-electron chi connectivity index (χ0n) is 11.8. The van der Waals surface area contributed by atoms with Crippen molar-refractivity contribution in [1.82, 2.24) is 5.32 Å². The SMILES string of the molecule is CCNCc1cc(COc2cc(Cl)c(Cl)cc2Cl)oc1C. The zero-order valence-corrected chi connectivity index (χ0v) is 14.1. The van der Waals surface area contributed by atoms with Gasteiger partial charge in [0, 0.05) is 18.2 Å². The fourth-order valence-corrected chi connectivity index (χ4v) is 2.45. The van der Waals surface area contributed by atoms with Gasteiger partial charge in [-0.2, -0.15) is 0 Å². The summed E-state index contributed by atoms with van der Waals surface area (Å²) in [5.74, 6) is 2.10. The Bertz CT molecular complexity index is 626. The van der Waals surface area contributed by atoms with Crippen LogP contribution in [0.15, 0.2) is 22.6 Å². The van der Waals surface area contributed by atoms with E-state index in [1.807, 2.05) is 13.0 Å². The van der Waals surface area contributed by atoms with Gasteiger partial charge in [-0.3, -0.25) is 0 Å². The molecule has 21 heavy (non-hydrogen) atoms. The first kappa shape index (κ1) is 16.5. The van der Waals surface area contributed by atoms with E-state index in [9.17, 15) is 0 Å². The second-order valence-corrected chi connectivity index (χ2v) is 5.78. The third-order valence-electron chi connectivity index (χ3n) is 2.98. The molecule has 0 atom stereocenters. The molecule has 0 aliphatic rings. The van der Waals surface area contributed by atoms with Crippen molar-refractivity contribution in [3.05, 3.63) is 50.4 Å². The monoisotopic (exact) mass is 347 g/mol. The van der Waals surface area contributed by atoms with E-state index >= 15 is 0 Å². The first-order valence-corrected chi connectivity index (χ1v) is 7.71. The molecule has 2 rings (SSSR count). The molecule has 114 valence electrons. The maximum atomic E-state index is 6.06. The molecule has 0 aliphatic carbocycles. The summed E-state index contributed by atoms with van der Waals surface area (Å²) in [4.78, 5) is 0. The molecule has 0 bridgehead atoms. The van der Waals surface area contributed by atoms with Crippen LogP contribution in [-0.4, -0.2) is 6.54 Å². The summed E-state index contributed by atoms with van der Waals surface area (Å²) < 4.78 is 11.3. The Labute approximate surface area is 139 Å². The van der Waals surface area contributed by atoms with Crippen LogP contribution in [0.4, 0.5) is 0 Å². The van der Waals surface area contributed by atoms with E-state index in [1.54, 1.807) is 12.1 Å². The third-order valence-corrected chi connectivity index (χ3v) is 4.00. The van der Waals surface area contributed by atoms with Crippen molar-refractivity contribution in [2.75, 3.05) is 6.54 Å². The Hall–Kier alpha value is -0.870. The molecule has 0 saturated carbocycles. The minimum absolute atomic E-state index is 0.282. The number of hydrogen-bond acceptors (Lipinski definition) is 3. The predicted octanol–water partition coefficient (Wildman–Crippen LogP) is 5.24. The predicted molar refractivity (Wildman–Crippen MR) is 86.6 cm³/mol. The quantitative estimate of drug-likeness (QED) is 0.725. The average Bonchev–Trinajstić information content (AvgIpc) is 2.79. The molecule has 0 spiro atoms. The number of rotatable bonds is 6. The van der Waals surface area contributed by atoms with Crippen LogP contribution >= 0.6 is 34.8 Å². The molecule has 0 radical (unpaired) electrons. The molecule has 1 aromatic carbocycles. The summed E-state index contributed by atoms with van der Waals surface area (Å²) >= 11 is 17.9. The molecule has 0 amide bonds. The average molecular weight is 349 g/mol. The van der Waals surface area contributed by atoms with Crippen molar-refractivity contribution in [3.8, 4) is 5.75 Å². The summed E-state index contributed by atoms with van der Waals surface area (Å²) in [6.45, 7) is 5.97. The molecule has 3 nitrogen and oxygen atoms in total. The zero-order chi connectivity index (χ0) is 15.4. The molecule has 1 N–H and O–H groups in total.